The van der Waals surface area contributed by atoms with Crippen molar-refractivity contribution in [2.45, 2.75) is 48.7 Å². The average molecular weight is 399 g/mol. The van der Waals surface area contributed by atoms with Gasteiger partial charge in [-0.3, -0.25) is 0 Å². The Morgan fingerprint density at radius 2 is 1.52 bits per heavy atom. The van der Waals surface area contributed by atoms with Crippen LogP contribution in [0.2, 0.25) is 0 Å². The summed E-state index contributed by atoms with van der Waals surface area (Å²) in [4.78, 5) is 4.59. The van der Waals surface area contributed by atoms with E-state index in [0.717, 1.165) is 12.8 Å². The van der Waals surface area contributed by atoms with Crippen LogP contribution in [-0.2, 0) is 6.42 Å². The lowest BCUT2D eigenvalue weighted by Gasteiger charge is -2.45. The van der Waals surface area contributed by atoms with E-state index in [2.05, 4.69) is 104 Å². The van der Waals surface area contributed by atoms with Gasteiger partial charge in [0.15, 0.2) is 0 Å². The van der Waals surface area contributed by atoms with Gasteiger partial charge in [0.1, 0.15) is 0 Å². The van der Waals surface area contributed by atoms with Gasteiger partial charge in [-0.05, 0) is 41.7 Å². The number of rotatable bonds is 0. The maximum atomic E-state index is 2.43. The molecular weight excluding hydrogens is 368 g/mol. The Labute approximate surface area is 177 Å². The van der Waals surface area contributed by atoms with Gasteiger partial charge < -0.3 is 0 Å². The number of hydrogen-bond donors (Lipinski definition) is 0. The van der Waals surface area contributed by atoms with Crippen molar-refractivity contribution < 1.29 is 0 Å². The first-order valence-electron chi connectivity index (χ1n) is 10.7. The van der Waals surface area contributed by atoms with Crippen LogP contribution in [0.5, 0.6) is 0 Å². The predicted octanol–water partition coefficient (Wildman–Crippen LogP) is 8.23. The summed E-state index contributed by atoms with van der Waals surface area (Å²) >= 11 is 0. The maximum Gasteiger partial charge on any atom is 0.0162 e. The van der Waals surface area contributed by atoms with E-state index in [4.69, 9.17) is 0 Å². The first-order chi connectivity index (χ1) is 14.3. The standard InChI is InChI=1S/C26H24S.C2H6/c1-20-12-4-2-5-13-21-14-8-10-17-24(21)27(20)25-18-7-3-6-15-22(25)23-16-9-11-19-26(23)27;1-2/h2,4-12,14-20H,3,13H2,1H3;1-2H3/b5-2-,12-4-;. The molecule has 0 fully saturated rings. The average Bonchev–Trinajstić information content (AvgIpc) is 2.89. The molecule has 2 aromatic carbocycles. The van der Waals surface area contributed by atoms with Crippen LogP contribution in [0.1, 0.15) is 38.3 Å². The summed E-state index contributed by atoms with van der Waals surface area (Å²) in [6.07, 6.45) is 20.6. The van der Waals surface area contributed by atoms with Crippen molar-refractivity contribution in [1.29, 1.82) is 0 Å². The minimum atomic E-state index is -1.35. The van der Waals surface area contributed by atoms with Gasteiger partial charge in [0.2, 0.25) is 0 Å². The van der Waals surface area contributed by atoms with Gasteiger partial charge in [-0.25, -0.2) is 0 Å². The highest BCUT2D eigenvalue weighted by Gasteiger charge is 2.44. The van der Waals surface area contributed by atoms with Gasteiger partial charge in [-0.2, -0.15) is 10.0 Å². The van der Waals surface area contributed by atoms with Crippen molar-refractivity contribution in [3.63, 3.8) is 0 Å². The predicted molar refractivity (Wildman–Crippen MR) is 130 cm³/mol. The zero-order chi connectivity index (χ0) is 20.3. The molecule has 148 valence electrons. The van der Waals surface area contributed by atoms with Crippen molar-refractivity contribution in [2.24, 2.45) is 0 Å². The summed E-state index contributed by atoms with van der Waals surface area (Å²) in [7, 11) is -1.35. The zero-order valence-corrected chi connectivity index (χ0v) is 18.5. The molecule has 29 heavy (non-hydrogen) atoms. The molecule has 1 aliphatic carbocycles. The van der Waals surface area contributed by atoms with E-state index < -0.39 is 10.0 Å². The van der Waals surface area contributed by atoms with E-state index in [1.807, 2.05) is 13.8 Å². The number of hydrogen-bond acceptors (Lipinski definition) is 0. The molecule has 0 aromatic heterocycles. The van der Waals surface area contributed by atoms with Crippen LogP contribution < -0.4 is 0 Å². The largest absolute Gasteiger partial charge is 0.153 e. The Hall–Kier alpha value is -2.51. The molecule has 0 amide bonds. The fraction of sp³-hybridized carbons (Fsp3) is 0.214. The first kappa shape index (κ1) is 19.8. The second-order valence-electron chi connectivity index (χ2n) is 7.30. The molecule has 5 rings (SSSR count). The first-order valence-corrected chi connectivity index (χ1v) is 12.4. The lowest BCUT2D eigenvalue weighted by molar-refractivity contribution is 1.13. The summed E-state index contributed by atoms with van der Waals surface area (Å²) in [6, 6.07) is 18.2. The number of fused-ring (bicyclic) bond motifs is 6. The molecule has 0 saturated carbocycles. The van der Waals surface area contributed by atoms with Crippen LogP contribution in [0.25, 0.3) is 5.57 Å². The molecule has 3 aliphatic rings. The molecule has 2 atom stereocenters. The van der Waals surface area contributed by atoms with Gasteiger partial charge in [0, 0.05) is 19.9 Å². The van der Waals surface area contributed by atoms with Crippen molar-refractivity contribution in [2.75, 3.05) is 0 Å². The minimum absolute atomic E-state index is 0.436. The smallest absolute Gasteiger partial charge is 0.0162 e. The fourth-order valence-electron chi connectivity index (χ4n) is 4.64. The molecule has 0 nitrogen and oxygen atoms in total. The van der Waals surface area contributed by atoms with E-state index in [0.29, 0.717) is 5.25 Å². The van der Waals surface area contributed by atoms with E-state index in [1.54, 1.807) is 0 Å². The molecule has 2 unspecified atom stereocenters. The van der Waals surface area contributed by atoms with Gasteiger partial charge in [-0.15, -0.1) is 0 Å². The fourth-order valence-corrected chi connectivity index (χ4v) is 9.39. The van der Waals surface area contributed by atoms with E-state index >= 15 is 0 Å². The Kier molecular flexibility index (Phi) is 5.78. The summed E-state index contributed by atoms with van der Waals surface area (Å²) in [5.74, 6) is 0. The van der Waals surface area contributed by atoms with Crippen LogP contribution >= 0.6 is 10.0 Å². The van der Waals surface area contributed by atoms with Crippen molar-refractivity contribution >= 4 is 15.6 Å². The van der Waals surface area contributed by atoms with E-state index in [-0.39, 0.29) is 0 Å². The highest BCUT2D eigenvalue weighted by molar-refractivity contribution is 8.38. The lowest BCUT2D eigenvalue weighted by Crippen LogP contribution is -2.15. The highest BCUT2D eigenvalue weighted by atomic mass is 32.3. The number of benzene rings is 2. The van der Waals surface area contributed by atoms with Gasteiger partial charge in [0.25, 0.3) is 0 Å². The molecule has 2 aliphatic heterocycles. The second-order valence-corrected chi connectivity index (χ2v) is 10.7. The molecule has 1 spiro atoms. The molecule has 2 heterocycles. The Bertz CT molecular complexity index is 1050. The van der Waals surface area contributed by atoms with Gasteiger partial charge >= 0.3 is 0 Å². The topological polar surface area (TPSA) is 0 Å². The van der Waals surface area contributed by atoms with E-state index in [9.17, 15) is 0 Å². The van der Waals surface area contributed by atoms with Crippen molar-refractivity contribution in [3.05, 3.63) is 113 Å². The molecule has 0 saturated heterocycles. The molecule has 2 aromatic rings. The second kappa shape index (κ2) is 8.47. The molecule has 0 bridgehead atoms. The van der Waals surface area contributed by atoms with Crippen molar-refractivity contribution in [3.8, 4) is 0 Å². The number of allylic oxidation sites excluding steroid dienone is 8. The molecule has 0 radical (unpaired) electrons. The van der Waals surface area contributed by atoms with Crippen LogP contribution in [0, 0.1) is 0 Å². The molecular formula is C28H30S. The highest BCUT2D eigenvalue weighted by Crippen LogP contribution is 2.78. The third-order valence-corrected chi connectivity index (χ3v) is 10.3. The van der Waals surface area contributed by atoms with Crippen LogP contribution in [0.4, 0.5) is 0 Å². The Balaban J connectivity index is 0.000000994. The maximum absolute atomic E-state index is 2.43. The quantitative estimate of drug-likeness (QED) is 0.419. The van der Waals surface area contributed by atoms with Crippen LogP contribution in [-0.4, -0.2) is 5.25 Å². The van der Waals surface area contributed by atoms with E-state index in [1.165, 1.54) is 31.4 Å². The monoisotopic (exact) mass is 398 g/mol. The molecule has 1 heteroatoms. The van der Waals surface area contributed by atoms with Gasteiger partial charge in [0.05, 0.1) is 0 Å². The zero-order valence-electron chi connectivity index (χ0n) is 17.6. The Morgan fingerprint density at radius 1 is 0.793 bits per heavy atom. The lowest BCUT2D eigenvalue weighted by atomic mass is 10.1. The minimum Gasteiger partial charge on any atom is -0.153 e. The van der Waals surface area contributed by atoms with Gasteiger partial charge in [-0.1, -0.05) is 106 Å². The Morgan fingerprint density at radius 3 is 2.38 bits per heavy atom. The normalized spacial score (nSPS) is 28.3. The summed E-state index contributed by atoms with van der Waals surface area (Å²) in [6.45, 7) is 6.41. The SMILES string of the molecule is CC.CC1/C=C\C=C/Cc2ccccc2S12C1=C(C=CCC=C1)c1ccccc12. The van der Waals surface area contributed by atoms with Crippen LogP contribution in [0.15, 0.2) is 112 Å². The summed E-state index contributed by atoms with van der Waals surface area (Å²) < 4.78 is 0. The third-order valence-electron chi connectivity index (χ3n) is 5.81. The summed E-state index contributed by atoms with van der Waals surface area (Å²) in [5, 5.41) is 0.436. The molecule has 0 N–H and O–H groups in total. The summed E-state index contributed by atoms with van der Waals surface area (Å²) in [5.41, 5.74) is 4.31. The van der Waals surface area contributed by atoms with Crippen molar-refractivity contribution in [1.82, 2.24) is 0 Å². The van der Waals surface area contributed by atoms with Crippen LogP contribution in [0.3, 0.4) is 0 Å². The third kappa shape index (κ3) is 3.09.